The van der Waals surface area contributed by atoms with E-state index in [2.05, 4.69) is 0 Å². The molecule has 0 aliphatic rings. The number of aromatic nitrogens is 1. The van der Waals surface area contributed by atoms with E-state index in [1.54, 1.807) is 26.1 Å². The van der Waals surface area contributed by atoms with Gasteiger partial charge >= 0.3 is 5.97 Å². The van der Waals surface area contributed by atoms with Crippen LogP contribution >= 0.6 is 0 Å². The number of rotatable bonds is 5. The number of esters is 1. The molecule has 0 bridgehead atoms. The average Bonchev–Trinajstić information content (AvgIpc) is 2.48. The van der Waals surface area contributed by atoms with Gasteiger partial charge in [-0.2, -0.15) is 0 Å². The number of ether oxygens (including phenoxy) is 1. The van der Waals surface area contributed by atoms with E-state index in [1.165, 1.54) is 10.6 Å². The predicted octanol–water partition coefficient (Wildman–Crippen LogP) is 1.96. The van der Waals surface area contributed by atoms with Crippen molar-refractivity contribution < 1.29 is 14.6 Å². The molecule has 1 N–H and O–H groups in total. The molecule has 1 aromatic heterocycles. The molecule has 2 rings (SSSR count). The van der Waals surface area contributed by atoms with E-state index in [1.807, 2.05) is 24.3 Å². The first-order chi connectivity index (χ1) is 10.5. The SMILES string of the molecule is CC(C)OC(=O)Cn1ccc(-c2cccc(CO)c2)cc1=O. The fourth-order valence-electron chi connectivity index (χ4n) is 2.11. The normalized spacial score (nSPS) is 10.7. The van der Waals surface area contributed by atoms with Gasteiger partial charge in [0.05, 0.1) is 12.7 Å². The lowest BCUT2D eigenvalue weighted by atomic mass is 10.0. The Labute approximate surface area is 128 Å². The summed E-state index contributed by atoms with van der Waals surface area (Å²) in [7, 11) is 0. The number of hydrogen-bond acceptors (Lipinski definition) is 4. The smallest absolute Gasteiger partial charge is 0.326 e. The zero-order valence-corrected chi connectivity index (χ0v) is 12.7. The Bertz CT molecular complexity index is 719. The lowest BCUT2D eigenvalue weighted by Gasteiger charge is -2.10. The standard InChI is InChI=1S/C17H19NO4/c1-12(2)22-17(21)10-18-7-6-15(9-16(18)20)14-5-3-4-13(8-14)11-19/h3-9,12,19H,10-11H2,1-2H3. The number of aliphatic hydroxyl groups excluding tert-OH is 1. The van der Waals surface area contributed by atoms with Crippen molar-refractivity contribution in [3.8, 4) is 11.1 Å². The van der Waals surface area contributed by atoms with Gasteiger partial charge in [-0.3, -0.25) is 9.59 Å². The van der Waals surface area contributed by atoms with Gasteiger partial charge in [-0.25, -0.2) is 0 Å². The maximum atomic E-state index is 12.1. The topological polar surface area (TPSA) is 68.5 Å². The highest BCUT2D eigenvalue weighted by Crippen LogP contribution is 2.18. The molecule has 0 saturated heterocycles. The van der Waals surface area contributed by atoms with Crippen LogP contribution < -0.4 is 5.56 Å². The van der Waals surface area contributed by atoms with Gasteiger partial charge < -0.3 is 14.4 Å². The van der Waals surface area contributed by atoms with Crippen molar-refractivity contribution in [2.24, 2.45) is 0 Å². The Kier molecular flexibility index (Phi) is 5.12. The molecule has 0 fully saturated rings. The van der Waals surface area contributed by atoms with Gasteiger partial charge in [0, 0.05) is 12.3 Å². The summed E-state index contributed by atoms with van der Waals surface area (Å²) < 4.78 is 6.34. The van der Waals surface area contributed by atoms with Crippen LogP contribution in [0.25, 0.3) is 11.1 Å². The average molecular weight is 301 g/mol. The van der Waals surface area contributed by atoms with Crippen LogP contribution in [0.15, 0.2) is 47.4 Å². The second kappa shape index (κ2) is 7.04. The van der Waals surface area contributed by atoms with Crippen LogP contribution in [0.2, 0.25) is 0 Å². The van der Waals surface area contributed by atoms with Gasteiger partial charge in [0.15, 0.2) is 0 Å². The number of aliphatic hydroxyl groups is 1. The fraction of sp³-hybridized carbons (Fsp3) is 0.294. The van der Waals surface area contributed by atoms with Crippen molar-refractivity contribution in [2.75, 3.05) is 0 Å². The van der Waals surface area contributed by atoms with Crippen LogP contribution in [0.3, 0.4) is 0 Å². The molecule has 0 spiro atoms. The Balaban J connectivity index is 2.22. The lowest BCUT2D eigenvalue weighted by molar-refractivity contribution is -0.148. The van der Waals surface area contributed by atoms with Crippen molar-refractivity contribution in [2.45, 2.75) is 33.1 Å². The van der Waals surface area contributed by atoms with Crippen LogP contribution in [-0.2, 0) is 22.7 Å². The number of carbonyl (C=O) groups excluding carboxylic acids is 1. The van der Waals surface area contributed by atoms with Crippen LogP contribution in [-0.4, -0.2) is 21.7 Å². The molecular weight excluding hydrogens is 282 g/mol. The molecule has 22 heavy (non-hydrogen) atoms. The van der Waals surface area contributed by atoms with Crippen molar-refractivity contribution >= 4 is 5.97 Å². The number of nitrogens with zero attached hydrogens (tertiary/aromatic N) is 1. The first kappa shape index (κ1) is 16.0. The van der Waals surface area contributed by atoms with E-state index < -0.39 is 5.97 Å². The van der Waals surface area contributed by atoms with Gasteiger partial charge in [-0.1, -0.05) is 18.2 Å². The highest BCUT2D eigenvalue weighted by Gasteiger charge is 2.09. The zero-order chi connectivity index (χ0) is 16.1. The Morgan fingerprint density at radius 1 is 1.23 bits per heavy atom. The molecule has 2 aromatic rings. The number of benzene rings is 1. The Morgan fingerprint density at radius 3 is 2.59 bits per heavy atom. The van der Waals surface area contributed by atoms with Crippen LogP contribution in [0.1, 0.15) is 19.4 Å². The quantitative estimate of drug-likeness (QED) is 0.857. The van der Waals surface area contributed by atoms with Crippen molar-refractivity contribution in [3.63, 3.8) is 0 Å². The van der Waals surface area contributed by atoms with E-state index in [0.29, 0.717) is 0 Å². The molecule has 0 aliphatic carbocycles. The summed E-state index contributed by atoms with van der Waals surface area (Å²) >= 11 is 0. The van der Waals surface area contributed by atoms with Crippen molar-refractivity contribution in [1.82, 2.24) is 4.57 Å². The van der Waals surface area contributed by atoms with Crippen molar-refractivity contribution in [3.05, 3.63) is 58.5 Å². The molecule has 1 aromatic carbocycles. The minimum absolute atomic E-state index is 0.0497. The number of pyridine rings is 1. The van der Waals surface area contributed by atoms with Gasteiger partial charge in [0.1, 0.15) is 6.54 Å². The summed E-state index contributed by atoms with van der Waals surface area (Å²) in [6.45, 7) is 3.37. The van der Waals surface area contributed by atoms with Gasteiger partial charge in [0.25, 0.3) is 5.56 Å². The molecule has 5 nitrogen and oxygen atoms in total. The zero-order valence-electron chi connectivity index (χ0n) is 12.7. The molecule has 0 aliphatic heterocycles. The van der Waals surface area contributed by atoms with Gasteiger partial charge in [-0.15, -0.1) is 0 Å². The molecule has 116 valence electrons. The molecule has 5 heteroatoms. The maximum absolute atomic E-state index is 12.1. The first-order valence-electron chi connectivity index (χ1n) is 7.09. The van der Waals surface area contributed by atoms with E-state index in [0.717, 1.165) is 16.7 Å². The highest BCUT2D eigenvalue weighted by atomic mass is 16.5. The van der Waals surface area contributed by atoms with E-state index >= 15 is 0 Å². The molecule has 0 atom stereocenters. The third-order valence-corrected chi connectivity index (χ3v) is 3.11. The van der Waals surface area contributed by atoms with Crippen molar-refractivity contribution in [1.29, 1.82) is 0 Å². The molecular formula is C17H19NO4. The lowest BCUT2D eigenvalue weighted by Crippen LogP contribution is -2.25. The second-order valence-electron chi connectivity index (χ2n) is 5.28. The summed E-state index contributed by atoms with van der Waals surface area (Å²) in [5, 5.41) is 9.16. The molecule has 0 amide bonds. The summed E-state index contributed by atoms with van der Waals surface area (Å²) in [6.07, 6.45) is 1.37. The summed E-state index contributed by atoms with van der Waals surface area (Å²) in [6, 6.07) is 10.6. The molecule has 0 unspecified atom stereocenters. The third-order valence-electron chi connectivity index (χ3n) is 3.11. The van der Waals surface area contributed by atoms with Gasteiger partial charge in [0.2, 0.25) is 0 Å². The van der Waals surface area contributed by atoms with E-state index in [4.69, 9.17) is 9.84 Å². The second-order valence-corrected chi connectivity index (χ2v) is 5.28. The summed E-state index contributed by atoms with van der Waals surface area (Å²) in [4.78, 5) is 23.7. The summed E-state index contributed by atoms with van der Waals surface area (Å²) in [5.41, 5.74) is 2.10. The predicted molar refractivity (Wildman–Crippen MR) is 83.3 cm³/mol. The van der Waals surface area contributed by atoms with Gasteiger partial charge in [-0.05, 0) is 42.7 Å². The minimum Gasteiger partial charge on any atom is -0.462 e. The maximum Gasteiger partial charge on any atom is 0.326 e. The summed E-state index contributed by atoms with van der Waals surface area (Å²) in [5.74, 6) is -0.438. The monoisotopic (exact) mass is 301 g/mol. The molecule has 1 heterocycles. The Morgan fingerprint density at radius 2 is 1.95 bits per heavy atom. The Hall–Kier alpha value is -2.40. The highest BCUT2D eigenvalue weighted by molar-refractivity contribution is 5.69. The van der Waals surface area contributed by atoms with E-state index in [-0.39, 0.29) is 24.8 Å². The first-order valence-corrected chi connectivity index (χ1v) is 7.09. The fourth-order valence-corrected chi connectivity index (χ4v) is 2.11. The van der Waals surface area contributed by atoms with Crippen LogP contribution in [0, 0.1) is 0 Å². The molecule has 0 saturated carbocycles. The minimum atomic E-state index is -0.438. The van der Waals surface area contributed by atoms with Crippen LogP contribution in [0.4, 0.5) is 0 Å². The van der Waals surface area contributed by atoms with Crippen LogP contribution in [0.5, 0.6) is 0 Å². The number of carbonyl (C=O) groups is 1. The van der Waals surface area contributed by atoms with E-state index in [9.17, 15) is 9.59 Å². The molecule has 0 radical (unpaired) electrons. The third kappa shape index (κ3) is 4.05. The number of hydrogen-bond donors (Lipinski definition) is 1. The largest absolute Gasteiger partial charge is 0.462 e.